The molecule has 3 rings (SSSR count). The van der Waals surface area contributed by atoms with Crippen molar-refractivity contribution in [2.45, 2.75) is 6.92 Å². The second kappa shape index (κ2) is 5.97. The van der Waals surface area contributed by atoms with Gasteiger partial charge >= 0.3 is 5.97 Å². The maximum absolute atomic E-state index is 12.0. The van der Waals surface area contributed by atoms with E-state index < -0.39 is 0 Å². The summed E-state index contributed by atoms with van der Waals surface area (Å²) in [4.78, 5) is 22.2. The molecule has 106 valence electrons. The Labute approximate surface area is 134 Å². The summed E-state index contributed by atoms with van der Waals surface area (Å²) in [6, 6.07) is 7.60. The van der Waals surface area contributed by atoms with Crippen LogP contribution in [0.5, 0.6) is 0 Å². The number of esters is 1. The van der Waals surface area contributed by atoms with Gasteiger partial charge in [-0.2, -0.15) is 0 Å². The molecule has 2 aromatic heterocycles. The predicted octanol–water partition coefficient (Wildman–Crippen LogP) is 4.33. The van der Waals surface area contributed by atoms with Crippen molar-refractivity contribution in [3.05, 3.63) is 38.5 Å². The Morgan fingerprint density at radius 2 is 2.05 bits per heavy atom. The fraction of sp³-hybridized carbons (Fsp3) is 0.143. The molecule has 0 saturated heterocycles. The molecular formula is C14H10N2O2S3. The van der Waals surface area contributed by atoms with Gasteiger partial charge in [-0.25, -0.2) is 9.78 Å². The van der Waals surface area contributed by atoms with Crippen molar-refractivity contribution >= 4 is 51.9 Å². The number of ether oxygens (including phenoxy) is 1. The molecule has 3 aromatic rings. The molecule has 0 N–H and O–H groups in total. The van der Waals surface area contributed by atoms with Gasteiger partial charge in [0.25, 0.3) is 0 Å². The van der Waals surface area contributed by atoms with Gasteiger partial charge in [0.05, 0.1) is 28.7 Å². The number of carbonyl (C=O) groups is 1. The van der Waals surface area contributed by atoms with E-state index in [9.17, 15) is 4.79 Å². The number of benzene rings is 1. The molecular weight excluding hydrogens is 324 g/mol. The number of para-hydroxylation sites is 2. The molecule has 7 heteroatoms. The van der Waals surface area contributed by atoms with E-state index in [-0.39, 0.29) is 5.97 Å². The molecule has 0 saturated carbocycles. The third kappa shape index (κ3) is 2.85. The van der Waals surface area contributed by atoms with Gasteiger partial charge in [0.15, 0.2) is 0 Å². The van der Waals surface area contributed by atoms with Crippen LogP contribution >= 0.6 is 34.9 Å². The van der Waals surface area contributed by atoms with Crippen molar-refractivity contribution in [1.29, 1.82) is 0 Å². The topological polar surface area (TPSA) is 52.1 Å². The summed E-state index contributed by atoms with van der Waals surface area (Å²) < 4.78 is 5.74. The Kier molecular flexibility index (Phi) is 4.05. The van der Waals surface area contributed by atoms with Crippen LogP contribution in [0.1, 0.15) is 16.6 Å². The van der Waals surface area contributed by atoms with Crippen LogP contribution in [0, 0.1) is 3.14 Å². The average molecular weight is 334 g/mol. The summed E-state index contributed by atoms with van der Waals surface area (Å²) in [7, 11) is 0. The summed E-state index contributed by atoms with van der Waals surface area (Å²) in [6.07, 6.45) is 1.67. The summed E-state index contributed by atoms with van der Waals surface area (Å²) in [6.45, 7) is 2.11. The molecule has 4 nitrogen and oxygen atoms in total. The predicted molar refractivity (Wildman–Crippen MR) is 87.5 cm³/mol. The van der Waals surface area contributed by atoms with Crippen LogP contribution in [-0.2, 0) is 4.74 Å². The zero-order valence-electron chi connectivity index (χ0n) is 11.0. The van der Waals surface area contributed by atoms with Crippen LogP contribution in [0.2, 0.25) is 0 Å². The van der Waals surface area contributed by atoms with E-state index >= 15 is 0 Å². The SMILES string of the molecule is CCOC(=O)c1sc(=S)sc1-c1cnc2ccccc2n1. The highest BCUT2D eigenvalue weighted by atomic mass is 32.2. The minimum atomic E-state index is -0.361. The van der Waals surface area contributed by atoms with E-state index in [0.29, 0.717) is 20.3 Å². The van der Waals surface area contributed by atoms with Crippen molar-refractivity contribution < 1.29 is 9.53 Å². The number of hydrogen-bond donors (Lipinski definition) is 0. The minimum absolute atomic E-state index is 0.330. The molecule has 0 spiro atoms. The van der Waals surface area contributed by atoms with Crippen molar-refractivity contribution in [2.75, 3.05) is 6.61 Å². The van der Waals surface area contributed by atoms with E-state index in [0.717, 1.165) is 15.9 Å². The second-order valence-corrected chi connectivity index (χ2v) is 7.30. The Morgan fingerprint density at radius 1 is 1.29 bits per heavy atom. The first kappa shape index (κ1) is 14.2. The van der Waals surface area contributed by atoms with Crippen LogP contribution in [0.3, 0.4) is 0 Å². The molecule has 0 radical (unpaired) electrons. The molecule has 0 aliphatic heterocycles. The molecule has 0 fully saturated rings. The maximum Gasteiger partial charge on any atom is 0.349 e. The molecule has 0 atom stereocenters. The molecule has 0 aliphatic rings. The smallest absolute Gasteiger partial charge is 0.349 e. The van der Waals surface area contributed by atoms with Crippen LogP contribution < -0.4 is 0 Å². The van der Waals surface area contributed by atoms with Gasteiger partial charge in [-0.05, 0) is 19.1 Å². The molecule has 0 unspecified atom stereocenters. The number of rotatable bonds is 3. The van der Waals surface area contributed by atoms with Crippen LogP contribution in [0.15, 0.2) is 30.5 Å². The molecule has 1 aromatic carbocycles. The normalized spacial score (nSPS) is 10.7. The van der Waals surface area contributed by atoms with E-state index in [1.54, 1.807) is 13.1 Å². The minimum Gasteiger partial charge on any atom is -0.462 e. The van der Waals surface area contributed by atoms with Crippen molar-refractivity contribution in [3.63, 3.8) is 0 Å². The Morgan fingerprint density at radius 3 is 2.81 bits per heavy atom. The highest BCUT2D eigenvalue weighted by molar-refractivity contribution is 7.76. The van der Waals surface area contributed by atoms with E-state index in [1.807, 2.05) is 24.3 Å². The number of aromatic nitrogens is 2. The quantitative estimate of drug-likeness (QED) is 0.527. The van der Waals surface area contributed by atoms with Gasteiger partial charge < -0.3 is 4.74 Å². The van der Waals surface area contributed by atoms with Crippen molar-refractivity contribution in [2.24, 2.45) is 0 Å². The Balaban J connectivity index is 2.14. The number of fused-ring (bicyclic) bond motifs is 1. The van der Waals surface area contributed by atoms with Gasteiger partial charge in [-0.3, -0.25) is 4.98 Å². The zero-order chi connectivity index (χ0) is 14.8. The lowest BCUT2D eigenvalue weighted by Gasteiger charge is -2.03. The van der Waals surface area contributed by atoms with Gasteiger partial charge in [-0.15, -0.1) is 22.7 Å². The van der Waals surface area contributed by atoms with Crippen LogP contribution in [0.25, 0.3) is 21.6 Å². The summed E-state index contributed by atoms with van der Waals surface area (Å²) in [5.74, 6) is -0.361. The third-order valence-corrected chi connectivity index (χ3v) is 5.37. The highest BCUT2D eigenvalue weighted by Gasteiger charge is 2.19. The summed E-state index contributed by atoms with van der Waals surface area (Å²) in [5.41, 5.74) is 2.25. The molecule has 0 bridgehead atoms. The van der Waals surface area contributed by atoms with Gasteiger partial charge in [0, 0.05) is 0 Å². The first-order valence-corrected chi connectivity index (χ1v) is 8.26. The fourth-order valence-electron chi connectivity index (χ4n) is 1.85. The fourth-order valence-corrected chi connectivity index (χ4v) is 4.31. The average Bonchev–Trinajstić information content (AvgIpc) is 2.89. The van der Waals surface area contributed by atoms with Gasteiger partial charge in [0.2, 0.25) is 0 Å². The van der Waals surface area contributed by atoms with Crippen LogP contribution in [0.4, 0.5) is 0 Å². The molecule has 2 heterocycles. The van der Waals surface area contributed by atoms with Crippen molar-refractivity contribution in [1.82, 2.24) is 9.97 Å². The second-order valence-electron chi connectivity index (χ2n) is 4.08. The van der Waals surface area contributed by atoms with Crippen LogP contribution in [-0.4, -0.2) is 22.5 Å². The standard InChI is InChI=1S/C14H10N2O2S3/c1-2-18-13(17)12-11(20-14(19)21-12)10-7-15-8-5-3-4-6-9(8)16-10/h3-7H,2H2,1H3. The van der Waals surface area contributed by atoms with Gasteiger partial charge in [0.1, 0.15) is 13.7 Å². The molecule has 0 aliphatic carbocycles. The third-order valence-electron chi connectivity index (χ3n) is 2.72. The number of nitrogens with zero attached hydrogens (tertiary/aromatic N) is 2. The summed E-state index contributed by atoms with van der Waals surface area (Å²) in [5, 5.41) is 0. The Hall–Kier alpha value is -1.70. The van der Waals surface area contributed by atoms with E-state index in [1.165, 1.54) is 22.7 Å². The first-order chi connectivity index (χ1) is 10.2. The number of hydrogen-bond acceptors (Lipinski definition) is 7. The lowest BCUT2D eigenvalue weighted by atomic mass is 10.2. The largest absolute Gasteiger partial charge is 0.462 e. The highest BCUT2D eigenvalue weighted by Crippen LogP contribution is 2.34. The number of carbonyl (C=O) groups excluding carboxylic acids is 1. The molecule has 0 amide bonds. The lowest BCUT2D eigenvalue weighted by Crippen LogP contribution is -2.03. The monoisotopic (exact) mass is 334 g/mol. The van der Waals surface area contributed by atoms with E-state index in [2.05, 4.69) is 9.97 Å². The maximum atomic E-state index is 12.0. The summed E-state index contributed by atoms with van der Waals surface area (Å²) >= 11 is 7.81. The van der Waals surface area contributed by atoms with Gasteiger partial charge in [-0.1, -0.05) is 24.4 Å². The lowest BCUT2D eigenvalue weighted by molar-refractivity contribution is 0.0533. The first-order valence-electron chi connectivity index (χ1n) is 6.22. The molecule has 21 heavy (non-hydrogen) atoms. The zero-order valence-corrected chi connectivity index (χ0v) is 13.5. The van der Waals surface area contributed by atoms with E-state index in [4.69, 9.17) is 17.0 Å². The Bertz CT molecular complexity index is 870. The van der Waals surface area contributed by atoms with Crippen molar-refractivity contribution in [3.8, 4) is 10.6 Å².